The van der Waals surface area contributed by atoms with Crippen molar-refractivity contribution >= 4 is 28.1 Å². The maximum absolute atomic E-state index is 12.0. The van der Waals surface area contributed by atoms with Gasteiger partial charge in [0.1, 0.15) is 5.58 Å². The average Bonchev–Trinajstić information content (AvgIpc) is 2.96. The largest absolute Gasteiger partial charge is 0.453 e. The molecule has 0 radical (unpaired) electrons. The molecule has 3 rings (SSSR count). The van der Waals surface area contributed by atoms with E-state index in [1.165, 1.54) is 11.3 Å². The molecule has 0 saturated carbocycles. The molecule has 2 heterocycles. The Labute approximate surface area is 102 Å². The Morgan fingerprint density at radius 1 is 1.35 bits per heavy atom. The molecule has 0 N–H and O–H groups in total. The number of thiazole rings is 1. The van der Waals surface area contributed by atoms with Gasteiger partial charge in [0.15, 0.2) is 5.76 Å². The predicted octanol–water partition coefficient (Wildman–Crippen LogP) is 3.43. The van der Waals surface area contributed by atoms with Crippen LogP contribution in [-0.4, -0.2) is 10.8 Å². The molecule has 0 aliphatic heterocycles. The number of nitrogens with zero attached hydrogens (tertiary/aromatic N) is 1. The Bertz CT molecular complexity index is 683. The zero-order valence-electron chi connectivity index (χ0n) is 9.14. The maximum atomic E-state index is 12.0. The van der Waals surface area contributed by atoms with E-state index in [1.807, 2.05) is 25.1 Å². The van der Waals surface area contributed by atoms with Crippen LogP contribution in [0.1, 0.15) is 21.0 Å². The lowest BCUT2D eigenvalue weighted by molar-refractivity contribution is 0.101. The topological polar surface area (TPSA) is 43.1 Å². The molecule has 2 aromatic heterocycles. The van der Waals surface area contributed by atoms with Gasteiger partial charge in [-0.1, -0.05) is 11.6 Å². The summed E-state index contributed by atoms with van der Waals surface area (Å²) in [4.78, 5) is 16.5. The van der Waals surface area contributed by atoms with Crippen molar-refractivity contribution in [1.29, 1.82) is 0 Å². The van der Waals surface area contributed by atoms with Crippen LogP contribution in [0.25, 0.3) is 11.0 Å². The molecular formula is C13H9NO2S. The number of furan rings is 1. The molecule has 0 saturated heterocycles. The third-order valence-electron chi connectivity index (χ3n) is 2.55. The highest BCUT2D eigenvalue weighted by Gasteiger charge is 2.15. The van der Waals surface area contributed by atoms with Gasteiger partial charge in [-0.2, -0.15) is 0 Å². The molecule has 4 heteroatoms. The molecule has 0 aliphatic carbocycles. The Hall–Kier alpha value is -1.94. The first kappa shape index (κ1) is 10.2. The van der Waals surface area contributed by atoms with E-state index in [-0.39, 0.29) is 5.78 Å². The highest BCUT2D eigenvalue weighted by atomic mass is 32.1. The first-order valence-corrected chi connectivity index (χ1v) is 6.05. The van der Waals surface area contributed by atoms with E-state index < -0.39 is 0 Å². The van der Waals surface area contributed by atoms with Crippen LogP contribution in [0.15, 0.2) is 40.4 Å². The maximum Gasteiger partial charge on any atom is 0.239 e. The first-order valence-electron chi connectivity index (χ1n) is 5.17. The summed E-state index contributed by atoms with van der Waals surface area (Å²) < 4.78 is 5.54. The lowest BCUT2D eigenvalue weighted by atomic mass is 10.2. The van der Waals surface area contributed by atoms with Gasteiger partial charge in [-0.15, -0.1) is 11.3 Å². The van der Waals surface area contributed by atoms with E-state index >= 15 is 0 Å². The Morgan fingerprint density at radius 2 is 2.24 bits per heavy atom. The quantitative estimate of drug-likeness (QED) is 0.647. The number of hydrogen-bond donors (Lipinski definition) is 0. The molecule has 0 unspecified atom stereocenters. The summed E-state index contributed by atoms with van der Waals surface area (Å²) in [6.45, 7) is 2.01. The normalized spacial score (nSPS) is 10.9. The Morgan fingerprint density at radius 3 is 3.00 bits per heavy atom. The highest BCUT2D eigenvalue weighted by molar-refractivity contribution is 7.11. The number of fused-ring (bicyclic) bond motifs is 1. The number of hydrogen-bond acceptors (Lipinski definition) is 4. The molecule has 0 bridgehead atoms. The summed E-state index contributed by atoms with van der Waals surface area (Å²) in [7, 11) is 0. The molecule has 0 spiro atoms. The third kappa shape index (κ3) is 1.76. The molecule has 0 amide bonds. The predicted molar refractivity (Wildman–Crippen MR) is 66.5 cm³/mol. The zero-order chi connectivity index (χ0) is 11.8. The number of rotatable bonds is 2. The van der Waals surface area contributed by atoms with Gasteiger partial charge in [0.25, 0.3) is 0 Å². The molecule has 0 aliphatic rings. The van der Waals surface area contributed by atoms with E-state index in [9.17, 15) is 4.79 Å². The molecule has 1 aromatic carbocycles. The van der Waals surface area contributed by atoms with Crippen molar-refractivity contribution in [3.8, 4) is 0 Å². The number of aryl methyl sites for hydroxylation is 1. The number of ketones is 1. The summed E-state index contributed by atoms with van der Waals surface area (Å²) in [5, 5.41) is 0.956. The fourth-order valence-corrected chi connectivity index (χ4v) is 2.29. The molecule has 0 fully saturated rings. The van der Waals surface area contributed by atoms with Gasteiger partial charge in [0, 0.05) is 11.6 Å². The minimum Gasteiger partial charge on any atom is -0.453 e. The van der Waals surface area contributed by atoms with Gasteiger partial charge in [-0.25, -0.2) is 0 Å². The van der Waals surface area contributed by atoms with Crippen molar-refractivity contribution < 1.29 is 9.21 Å². The van der Waals surface area contributed by atoms with E-state index in [1.54, 1.807) is 17.8 Å². The van der Waals surface area contributed by atoms with Crippen molar-refractivity contribution in [2.45, 2.75) is 6.92 Å². The smallest absolute Gasteiger partial charge is 0.239 e. The van der Waals surface area contributed by atoms with Crippen molar-refractivity contribution in [2.75, 3.05) is 0 Å². The molecule has 3 nitrogen and oxygen atoms in total. The van der Waals surface area contributed by atoms with Crippen LogP contribution >= 0.6 is 11.3 Å². The lowest BCUT2D eigenvalue weighted by Crippen LogP contribution is -1.95. The van der Waals surface area contributed by atoms with E-state index in [2.05, 4.69) is 4.98 Å². The minimum atomic E-state index is -0.110. The third-order valence-corrected chi connectivity index (χ3v) is 3.32. The van der Waals surface area contributed by atoms with Crippen molar-refractivity contribution in [3.63, 3.8) is 0 Å². The van der Waals surface area contributed by atoms with Gasteiger partial charge < -0.3 is 4.42 Å². The lowest BCUT2D eigenvalue weighted by Gasteiger charge is -1.90. The van der Waals surface area contributed by atoms with Gasteiger partial charge in [-0.3, -0.25) is 9.78 Å². The minimum absolute atomic E-state index is 0.110. The van der Waals surface area contributed by atoms with Crippen LogP contribution in [-0.2, 0) is 0 Å². The Kier molecular flexibility index (Phi) is 2.30. The van der Waals surface area contributed by atoms with Crippen LogP contribution in [0, 0.1) is 6.92 Å². The number of carbonyl (C=O) groups excluding carboxylic acids is 1. The summed E-state index contributed by atoms with van der Waals surface area (Å²) >= 11 is 1.32. The second kappa shape index (κ2) is 3.82. The summed E-state index contributed by atoms with van der Waals surface area (Å²) in [6, 6.07) is 7.63. The van der Waals surface area contributed by atoms with Crippen molar-refractivity contribution in [3.05, 3.63) is 52.2 Å². The van der Waals surface area contributed by atoms with Gasteiger partial charge in [0.05, 0.1) is 10.4 Å². The van der Waals surface area contributed by atoms with E-state index in [0.717, 1.165) is 16.5 Å². The number of carbonyl (C=O) groups is 1. The van der Waals surface area contributed by atoms with Crippen molar-refractivity contribution in [2.24, 2.45) is 0 Å². The van der Waals surface area contributed by atoms with E-state index in [4.69, 9.17) is 4.42 Å². The number of aromatic nitrogens is 1. The molecular weight excluding hydrogens is 234 g/mol. The number of benzene rings is 1. The summed E-state index contributed by atoms with van der Waals surface area (Å²) in [5.74, 6) is 0.260. The fraction of sp³-hybridized carbons (Fsp3) is 0.0769. The van der Waals surface area contributed by atoms with Crippen LogP contribution in [0.3, 0.4) is 0 Å². The molecule has 84 valence electrons. The van der Waals surface area contributed by atoms with Crippen LogP contribution < -0.4 is 0 Å². The Balaban J connectivity index is 2.09. The van der Waals surface area contributed by atoms with Crippen molar-refractivity contribution in [1.82, 2.24) is 4.98 Å². The fourth-order valence-electron chi connectivity index (χ4n) is 1.72. The first-order chi connectivity index (χ1) is 8.24. The second-order valence-electron chi connectivity index (χ2n) is 3.85. The average molecular weight is 243 g/mol. The summed E-state index contributed by atoms with van der Waals surface area (Å²) in [6.07, 6.45) is 1.56. The second-order valence-corrected chi connectivity index (χ2v) is 4.73. The molecule has 0 atom stereocenters. The van der Waals surface area contributed by atoms with E-state index in [0.29, 0.717) is 10.6 Å². The monoisotopic (exact) mass is 243 g/mol. The van der Waals surface area contributed by atoms with Gasteiger partial charge >= 0.3 is 0 Å². The zero-order valence-corrected chi connectivity index (χ0v) is 9.95. The van der Waals surface area contributed by atoms with Gasteiger partial charge in [-0.05, 0) is 25.1 Å². The van der Waals surface area contributed by atoms with Crippen LogP contribution in [0.2, 0.25) is 0 Å². The highest BCUT2D eigenvalue weighted by Crippen LogP contribution is 2.23. The molecule has 17 heavy (non-hydrogen) atoms. The molecule has 3 aromatic rings. The van der Waals surface area contributed by atoms with Crippen LogP contribution in [0.5, 0.6) is 0 Å². The standard InChI is InChI=1S/C13H9NO2S/c1-8-2-3-10-9(4-8)5-11(16-10)13(15)12-6-14-7-17-12/h2-7H,1H3. The van der Waals surface area contributed by atoms with Gasteiger partial charge in [0.2, 0.25) is 5.78 Å². The summed E-state index contributed by atoms with van der Waals surface area (Å²) in [5.41, 5.74) is 3.53. The van der Waals surface area contributed by atoms with Crippen LogP contribution in [0.4, 0.5) is 0 Å². The SMILES string of the molecule is Cc1ccc2oc(C(=O)c3cncs3)cc2c1.